The van der Waals surface area contributed by atoms with Crippen LogP contribution in [0.15, 0.2) is 24.3 Å². The van der Waals surface area contributed by atoms with Crippen LogP contribution < -0.4 is 10.6 Å². The van der Waals surface area contributed by atoms with Crippen molar-refractivity contribution >= 4 is 17.3 Å². The molecular formula is C14H21FN2OS. The fourth-order valence-corrected chi connectivity index (χ4v) is 2.21. The van der Waals surface area contributed by atoms with Crippen LogP contribution in [0.1, 0.15) is 19.4 Å². The first-order chi connectivity index (χ1) is 9.01. The van der Waals surface area contributed by atoms with Crippen molar-refractivity contribution in [2.24, 2.45) is 0 Å². The Balaban J connectivity index is 2.36. The number of hydrogen-bond donors (Lipinski definition) is 2. The van der Waals surface area contributed by atoms with Crippen LogP contribution in [0.4, 0.5) is 4.39 Å². The fraction of sp³-hybridized carbons (Fsp3) is 0.500. The lowest BCUT2D eigenvalue weighted by atomic mass is 10.1. The zero-order valence-electron chi connectivity index (χ0n) is 11.6. The smallest absolute Gasteiger partial charge is 0.166 e. The van der Waals surface area contributed by atoms with Gasteiger partial charge >= 0.3 is 0 Å². The molecule has 0 amide bonds. The number of benzene rings is 1. The predicted molar refractivity (Wildman–Crippen MR) is 79.8 cm³/mol. The highest BCUT2D eigenvalue weighted by Gasteiger charge is 2.08. The second-order valence-corrected chi connectivity index (χ2v) is 5.11. The Bertz CT molecular complexity index is 397. The van der Waals surface area contributed by atoms with Gasteiger partial charge in [-0.25, -0.2) is 4.39 Å². The molecule has 3 nitrogen and oxygen atoms in total. The van der Waals surface area contributed by atoms with Gasteiger partial charge in [-0.1, -0.05) is 12.1 Å². The molecule has 1 aromatic rings. The molecule has 0 heterocycles. The van der Waals surface area contributed by atoms with Crippen molar-refractivity contribution in [3.8, 4) is 0 Å². The second-order valence-electron chi connectivity index (χ2n) is 4.71. The van der Waals surface area contributed by atoms with Gasteiger partial charge in [-0.15, -0.1) is 0 Å². The average Bonchev–Trinajstić information content (AvgIpc) is 2.32. The van der Waals surface area contributed by atoms with Crippen LogP contribution in [-0.2, 0) is 11.2 Å². The first kappa shape index (κ1) is 15.9. The molecule has 0 fully saturated rings. The minimum atomic E-state index is -0.213. The lowest BCUT2D eigenvalue weighted by molar-refractivity contribution is 0.179. The molecule has 106 valence electrons. The Hall–Kier alpha value is -1.20. The van der Waals surface area contributed by atoms with Gasteiger partial charge < -0.3 is 15.4 Å². The van der Waals surface area contributed by atoms with Crippen molar-refractivity contribution < 1.29 is 9.13 Å². The minimum Gasteiger partial charge on any atom is -0.383 e. The number of hydrogen-bond acceptors (Lipinski definition) is 2. The molecule has 19 heavy (non-hydrogen) atoms. The van der Waals surface area contributed by atoms with Crippen LogP contribution in [0.25, 0.3) is 0 Å². The summed E-state index contributed by atoms with van der Waals surface area (Å²) in [4.78, 5) is 0. The Kier molecular flexibility index (Phi) is 6.73. The van der Waals surface area contributed by atoms with Crippen LogP contribution in [0, 0.1) is 5.82 Å². The molecule has 0 aromatic heterocycles. The number of methoxy groups -OCH3 is 1. The molecule has 5 heteroatoms. The van der Waals surface area contributed by atoms with Gasteiger partial charge in [0, 0.05) is 19.2 Å². The van der Waals surface area contributed by atoms with E-state index in [9.17, 15) is 4.39 Å². The highest BCUT2D eigenvalue weighted by atomic mass is 32.1. The van der Waals surface area contributed by atoms with E-state index in [0.29, 0.717) is 11.7 Å². The summed E-state index contributed by atoms with van der Waals surface area (Å²) >= 11 is 5.22. The maximum atomic E-state index is 12.8. The van der Waals surface area contributed by atoms with Gasteiger partial charge in [-0.3, -0.25) is 0 Å². The molecule has 2 unspecified atom stereocenters. The van der Waals surface area contributed by atoms with E-state index in [1.165, 1.54) is 12.1 Å². The Morgan fingerprint density at radius 3 is 2.37 bits per heavy atom. The highest BCUT2D eigenvalue weighted by Crippen LogP contribution is 2.05. The number of halogens is 1. The molecule has 0 saturated carbocycles. The van der Waals surface area contributed by atoms with E-state index in [4.69, 9.17) is 17.0 Å². The Labute approximate surface area is 119 Å². The second kappa shape index (κ2) is 8.07. The topological polar surface area (TPSA) is 33.3 Å². The van der Waals surface area contributed by atoms with Gasteiger partial charge in [0.25, 0.3) is 0 Å². The highest BCUT2D eigenvalue weighted by molar-refractivity contribution is 7.80. The molecule has 1 rings (SSSR count). The lowest BCUT2D eigenvalue weighted by Crippen LogP contribution is -2.46. The normalized spacial score (nSPS) is 13.7. The predicted octanol–water partition coefficient (Wildman–Crippen LogP) is 2.26. The number of ether oxygens (including phenoxy) is 1. The van der Waals surface area contributed by atoms with E-state index in [0.717, 1.165) is 12.0 Å². The van der Waals surface area contributed by atoms with Gasteiger partial charge in [0.05, 0.1) is 6.61 Å². The van der Waals surface area contributed by atoms with E-state index >= 15 is 0 Å². The molecule has 1 aromatic carbocycles. The lowest BCUT2D eigenvalue weighted by Gasteiger charge is -2.20. The van der Waals surface area contributed by atoms with Crippen molar-refractivity contribution in [3.63, 3.8) is 0 Å². The quantitative estimate of drug-likeness (QED) is 0.785. The SMILES string of the molecule is COCC(C)NC(=S)NC(C)Cc1ccc(F)cc1. The summed E-state index contributed by atoms with van der Waals surface area (Å²) in [7, 11) is 1.66. The van der Waals surface area contributed by atoms with E-state index in [1.807, 2.05) is 13.8 Å². The fourth-order valence-electron chi connectivity index (χ4n) is 1.81. The van der Waals surface area contributed by atoms with Gasteiger partial charge in [0.1, 0.15) is 5.82 Å². The summed E-state index contributed by atoms with van der Waals surface area (Å²) in [5, 5.41) is 6.96. The zero-order chi connectivity index (χ0) is 14.3. The Morgan fingerprint density at radius 1 is 1.21 bits per heavy atom. The number of nitrogens with one attached hydrogen (secondary N) is 2. The summed E-state index contributed by atoms with van der Waals surface area (Å²) in [6.07, 6.45) is 0.792. The first-order valence-electron chi connectivity index (χ1n) is 6.31. The number of thiocarbonyl (C=S) groups is 1. The summed E-state index contributed by atoms with van der Waals surface area (Å²) in [5.41, 5.74) is 1.08. The number of rotatable bonds is 6. The standard InChI is InChI=1S/C14H21FN2OS/c1-10(8-12-4-6-13(15)7-5-12)16-14(19)17-11(2)9-18-3/h4-7,10-11H,8-9H2,1-3H3,(H2,16,17,19). The van der Waals surface area contributed by atoms with Crippen LogP contribution in [0.5, 0.6) is 0 Å². The molecule has 0 saturated heterocycles. The third-order valence-corrected chi connectivity index (χ3v) is 2.86. The minimum absolute atomic E-state index is 0.169. The van der Waals surface area contributed by atoms with E-state index in [1.54, 1.807) is 19.2 Å². The van der Waals surface area contributed by atoms with Crippen molar-refractivity contribution in [3.05, 3.63) is 35.6 Å². The average molecular weight is 284 g/mol. The van der Waals surface area contributed by atoms with Gasteiger partial charge in [-0.05, 0) is 50.2 Å². The van der Waals surface area contributed by atoms with Gasteiger partial charge in [0.2, 0.25) is 0 Å². The molecule has 2 N–H and O–H groups in total. The van der Waals surface area contributed by atoms with Crippen molar-refractivity contribution in [2.45, 2.75) is 32.4 Å². The maximum Gasteiger partial charge on any atom is 0.166 e. The largest absolute Gasteiger partial charge is 0.383 e. The van der Waals surface area contributed by atoms with Gasteiger partial charge in [0.15, 0.2) is 5.11 Å². The van der Waals surface area contributed by atoms with E-state index < -0.39 is 0 Å². The summed E-state index contributed by atoms with van der Waals surface area (Å²) < 4.78 is 17.8. The third kappa shape index (κ3) is 6.50. The summed E-state index contributed by atoms with van der Waals surface area (Å²) in [6, 6.07) is 6.87. The third-order valence-electron chi connectivity index (χ3n) is 2.63. The van der Waals surface area contributed by atoms with Crippen molar-refractivity contribution in [2.75, 3.05) is 13.7 Å². The van der Waals surface area contributed by atoms with Crippen LogP contribution in [-0.4, -0.2) is 30.9 Å². The molecule has 0 aliphatic rings. The molecule has 0 bridgehead atoms. The van der Waals surface area contributed by atoms with E-state index in [-0.39, 0.29) is 17.9 Å². The zero-order valence-corrected chi connectivity index (χ0v) is 12.4. The van der Waals surface area contributed by atoms with Crippen molar-refractivity contribution in [1.29, 1.82) is 0 Å². The van der Waals surface area contributed by atoms with Crippen molar-refractivity contribution in [1.82, 2.24) is 10.6 Å². The van der Waals surface area contributed by atoms with Crippen LogP contribution >= 0.6 is 12.2 Å². The Morgan fingerprint density at radius 2 is 1.79 bits per heavy atom. The maximum absolute atomic E-state index is 12.8. The van der Waals surface area contributed by atoms with Crippen LogP contribution in [0.2, 0.25) is 0 Å². The van der Waals surface area contributed by atoms with E-state index in [2.05, 4.69) is 10.6 Å². The molecule has 0 aliphatic heterocycles. The summed E-state index contributed by atoms with van der Waals surface area (Å²) in [5.74, 6) is -0.213. The van der Waals surface area contributed by atoms with Crippen LogP contribution in [0.3, 0.4) is 0 Å². The molecule has 0 spiro atoms. The molecular weight excluding hydrogens is 263 g/mol. The first-order valence-corrected chi connectivity index (χ1v) is 6.72. The van der Waals surface area contributed by atoms with Gasteiger partial charge in [-0.2, -0.15) is 0 Å². The monoisotopic (exact) mass is 284 g/mol. The summed E-state index contributed by atoms with van der Waals surface area (Å²) in [6.45, 7) is 4.65. The molecule has 0 aliphatic carbocycles. The molecule has 0 radical (unpaired) electrons. The molecule has 2 atom stereocenters.